The van der Waals surface area contributed by atoms with Crippen LogP contribution in [0, 0.1) is 0 Å². The van der Waals surface area contributed by atoms with Gasteiger partial charge in [0.05, 0.1) is 10.0 Å². The number of nitrogens with one attached hydrogen (secondary N) is 2. The maximum atomic E-state index is 11.7. The Morgan fingerprint density at radius 1 is 1.19 bits per heavy atom. The molecule has 1 fully saturated rings. The molecule has 2 atom stereocenters. The summed E-state index contributed by atoms with van der Waals surface area (Å²) >= 11 is 12.1. The van der Waals surface area contributed by atoms with Gasteiger partial charge in [0, 0.05) is 35.5 Å². The van der Waals surface area contributed by atoms with Gasteiger partial charge in [0.2, 0.25) is 0 Å². The summed E-state index contributed by atoms with van der Waals surface area (Å²) in [7, 11) is 0. The zero-order valence-corrected chi connectivity index (χ0v) is 16.2. The van der Waals surface area contributed by atoms with E-state index in [0.29, 0.717) is 34.3 Å². The minimum atomic E-state index is -0.151. The van der Waals surface area contributed by atoms with Gasteiger partial charge in [-0.05, 0) is 42.7 Å². The van der Waals surface area contributed by atoms with Crippen LogP contribution < -0.4 is 10.9 Å². The van der Waals surface area contributed by atoms with Gasteiger partial charge in [-0.3, -0.25) is 4.79 Å². The third-order valence-electron chi connectivity index (χ3n) is 4.69. The summed E-state index contributed by atoms with van der Waals surface area (Å²) in [6, 6.07) is 11.4. The van der Waals surface area contributed by atoms with Crippen LogP contribution in [0.4, 0.5) is 5.82 Å². The van der Waals surface area contributed by atoms with Crippen molar-refractivity contribution in [3.63, 3.8) is 0 Å². The summed E-state index contributed by atoms with van der Waals surface area (Å²) < 4.78 is 0. The average molecular weight is 401 g/mol. The van der Waals surface area contributed by atoms with Crippen molar-refractivity contribution in [1.82, 2.24) is 15.0 Å². The molecule has 2 N–H and O–H groups in total. The molecule has 0 radical (unpaired) electrons. The summed E-state index contributed by atoms with van der Waals surface area (Å²) in [5.74, 6) is 1.74. The maximum absolute atomic E-state index is 11.7. The van der Waals surface area contributed by atoms with Crippen molar-refractivity contribution in [2.24, 2.45) is 0 Å². The lowest BCUT2D eigenvalue weighted by Crippen LogP contribution is -2.10. The predicted octanol–water partition coefficient (Wildman–Crippen LogP) is 4.67. The predicted molar refractivity (Wildman–Crippen MR) is 109 cm³/mol. The normalized spacial score (nSPS) is 18.3. The molecule has 1 aromatic carbocycles. The Hall–Kier alpha value is -2.37. The highest BCUT2D eigenvalue weighted by Gasteiger charge is 2.38. The third-order valence-corrected chi connectivity index (χ3v) is 5.43. The SMILES string of the molecule is CCc1cc(=O)[nH]c(-c2ccc(NC3CC3c3ccc(Cl)c(Cl)c3)nc2)n1. The fraction of sp³-hybridized carbons (Fsp3) is 0.250. The van der Waals surface area contributed by atoms with E-state index in [4.69, 9.17) is 23.2 Å². The van der Waals surface area contributed by atoms with Crippen LogP contribution in [-0.2, 0) is 6.42 Å². The number of aromatic amines is 1. The summed E-state index contributed by atoms with van der Waals surface area (Å²) in [5.41, 5.74) is 2.57. The average Bonchev–Trinajstić information content (AvgIpc) is 3.43. The van der Waals surface area contributed by atoms with E-state index in [1.807, 2.05) is 37.3 Å². The van der Waals surface area contributed by atoms with Crippen molar-refractivity contribution in [2.45, 2.75) is 31.7 Å². The van der Waals surface area contributed by atoms with Gasteiger partial charge >= 0.3 is 0 Å². The molecule has 3 aromatic rings. The zero-order chi connectivity index (χ0) is 19.0. The minimum absolute atomic E-state index is 0.151. The van der Waals surface area contributed by atoms with Gasteiger partial charge in [-0.25, -0.2) is 9.97 Å². The van der Waals surface area contributed by atoms with Crippen LogP contribution in [0.3, 0.4) is 0 Å². The first-order chi connectivity index (χ1) is 13.0. The number of benzene rings is 1. The topological polar surface area (TPSA) is 70.7 Å². The van der Waals surface area contributed by atoms with E-state index in [0.717, 1.165) is 23.5 Å². The second kappa shape index (κ2) is 7.33. The molecule has 2 unspecified atom stereocenters. The highest BCUT2D eigenvalue weighted by Crippen LogP contribution is 2.44. The second-order valence-corrected chi connectivity index (χ2v) is 7.45. The molecule has 2 heterocycles. The Morgan fingerprint density at radius 2 is 2.04 bits per heavy atom. The number of aromatic nitrogens is 3. The summed E-state index contributed by atoms with van der Waals surface area (Å²) in [6.45, 7) is 1.97. The lowest BCUT2D eigenvalue weighted by atomic mass is 10.1. The third kappa shape index (κ3) is 3.99. The van der Waals surface area contributed by atoms with E-state index in [1.54, 1.807) is 6.20 Å². The molecular weight excluding hydrogens is 383 g/mol. The molecule has 5 nitrogen and oxygen atoms in total. The van der Waals surface area contributed by atoms with Gasteiger partial charge in [-0.2, -0.15) is 0 Å². The smallest absolute Gasteiger partial charge is 0.251 e. The summed E-state index contributed by atoms with van der Waals surface area (Å²) in [4.78, 5) is 23.4. The Labute approximate surface area is 166 Å². The molecule has 0 saturated heterocycles. The number of hydrogen-bond acceptors (Lipinski definition) is 4. The number of nitrogens with zero attached hydrogens (tertiary/aromatic N) is 2. The van der Waals surface area contributed by atoms with Gasteiger partial charge in [-0.1, -0.05) is 36.2 Å². The summed E-state index contributed by atoms with van der Waals surface area (Å²) in [6.07, 6.45) is 3.45. The Morgan fingerprint density at radius 3 is 2.74 bits per heavy atom. The maximum Gasteiger partial charge on any atom is 0.251 e. The number of halogens is 2. The Kier molecular flexibility index (Phi) is 4.89. The number of hydrogen-bond donors (Lipinski definition) is 2. The molecule has 138 valence electrons. The molecule has 7 heteroatoms. The number of rotatable bonds is 5. The van der Waals surface area contributed by atoms with Crippen molar-refractivity contribution in [1.29, 1.82) is 0 Å². The van der Waals surface area contributed by atoms with E-state index in [9.17, 15) is 4.79 Å². The standard InChI is InChI=1S/C20H18Cl2N4O/c1-2-13-8-19(27)26-20(24-13)12-4-6-18(23-10-12)25-17-9-14(17)11-3-5-15(21)16(22)7-11/h3-8,10,14,17H,2,9H2,1H3,(H,23,25)(H,24,26,27). The second-order valence-electron chi connectivity index (χ2n) is 6.64. The minimum Gasteiger partial charge on any atom is -0.367 e. The molecule has 0 aliphatic heterocycles. The number of H-pyrrole nitrogens is 1. The largest absolute Gasteiger partial charge is 0.367 e. The van der Waals surface area contributed by atoms with Crippen LogP contribution in [0.15, 0.2) is 47.4 Å². The van der Waals surface area contributed by atoms with Gasteiger partial charge < -0.3 is 10.3 Å². The molecule has 0 spiro atoms. The molecule has 4 rings (SSSR count). The fourth-order valence-corrected chi connectivity index (χ4v) is 3.41. The van der Waals surface area contributed by atoms with E-state index >= 15 is 0 Å². The summed E-state index contributed by atoms with van der Waals surface area (Å²) in [5, 5.41) is 4.58. The van der Waals surface area contributed by atoms with E-state index < -0.39 is 0 Å². The van der Waals surface area contributed by atoms with E-state index in [-0.39, 0.29) is 5.56 Å². The molecule has 1 saturated carbocycles. The first-order valence-electron chi connectivity index (χ1n) is 8.81. The quantitative estimate of drug-likeness (QED) is 0.652. The fourth-order valence-electron chi connectivity index (χ4n) is 3.10. The van der Waals surface area contributed by atoms with Crippen LogP contribution in [0.25, 0.3) is 11.4 Å². The first kappa shape index (κ1) is 18.0. The highest BCUT2D eigenvalue weighted by molar-refractivity contribution is 6.42. The molecular formula is C20H18Cl2N4O. The molecule has 1 aliphatic carbocycles. The molecule has 0 bridgehead atoms. The molecule has 2 aromatic heterocycles. The van der Waals surface area contributed by atoms with Crippen LogP contribution in [0.5, 0.6) is 0 Å². The number of anilines is 1. The number of aryl methyl sites for hydroxylation is 1. The van der Waals surface area contributed by atoms with Crippen LogP contribution in [-0.4, -0.2) is 21.0 Å². The first-order valence-corrected chi connectivity index (χ1v) is 9.57. The highest BCUT2D eigenvalue weighted by atomic mass is 35.5. The van der Waals surface area contributed by atoms with Gasteiger partial charge in [-0.15, -0.1) is 0 Å². The van der Waals surface area contributed by atoms with Gasteiger partial charge in [0.1, 0.15) is 11.6 Å². The lowest BCUT2D eigenvalue weighted by Gasteiger charge is -2.07. The lowest BCUT2D eigenvalue weighted by molar-refractivity contribution is 0.984. The monoisotopic (exact) mass is 400 g/mol. The van der Waals surface area contributed by atoms with Crippen molar-refractivity contribution >= 4 is 29.0 Å². The molecule has 27 heavy (non-hydrogen) atoms. The van der Waals surface area contributed by atoms with Crippen LogP contribution in [0.2, 0.25) is 10.0 Å². The molecule has 1 aliphatic rings. The van der Waals surface area contributed by atoms with Crippen LogP contribution >= 0.6 is 23.2 Å². The van der Waals surface area contributed by atoms with Gasteiger partial charge in [0.25, 0.3) is 5.56 Å². The van der Waals surface area contributed by atoms with E-state index in [1.165, 1.54) is 11.6 Å². The number of pyridine rings is 1. The van der Waals surface area contributed by atoms with Crippen molar-refractivity contribution < 1.29 is 0 Å². The van der Waals surface area contributed by atoms with E-state index in [2.05, 4.69) is 20.3 Å². The van der Waals surface area contributed by atoms with Gasteiger partial charge in [0.15, 0.2) is 0 Å². The van der Waals surface area contributed by atoms with Crippen molar-refractivity contribution in [3.05, 3.63) is 74.3 Å². The van der Waals surface area contributed by atoms with Crippen molar-refractivity contribution in [3.8, 4) is 11.4 Å². The van der Waals surface area contributed by atoms with Crippen molar-refractivity contribution in [2.75, 3.05) is 5.32 Å². The Bertz CT molecular complexity index is 1030. The van der Waals surface area contributed by atoms with Crippen LogP contribution in [0.1, 0.15) is 30.5 Å². The zero-order valence-electron chi connectivity index (χ0n) is 14.7. The molecule has 0 amide bonds. The Balaban J connectivity index is 1.45.